The van der Waals surface area contributed by atoms with Crippen LogP contribution in [-0.2, 0) is 4.74 Å². The molecule has 2 heterocycles. The third kappa shape index (κ3) is 5.38. The summed E-state index contributed by atoms with van der Waals surface area (Å²) in [5, 5.41) is 3.04. The summed E-state index contributed by atoms with van der Waals surface area (Å²) in [7, 11) is 0. The van der Waals surface area contributed by atoms with E-state index >= 15 is 0 Å². The van der Waals surface area contributed by atoms with Crippen LogP contribution in [0.3, 0.4) is 0 Å². The number of thiophene rings is 1. The summed E-state index contributed by atoms with van der Waals surface area (Å²) in [5.41, 5.74) is -0.475. The van der Waals surface area contributed by atoms with Gasteiger partial charge in [0.15, 0.2) is 0 Å². The van der Waals surface area contributed by atoms with Crippen molar-refractivity contribution in [3.63, 3.8) is 0 Å². The first-order valence-electron chi connectivity index (χ1n) is 8.20. The highest BCUT2D eigenvalue weighted by molar-refractivity contribution is 7.17. The predicted octanol–water partition coefficient (Wildman–Crippen LogP) is 4.17. The molecule has 0 aromatic carbocycles. The van der Waals surface area contributed by atoms with Crippen LogP contribution >= 0.6 is 22.9 Å². The summed E-state index contributed by atoms with van der Waals surface area (Å²) >= 11 is 7.15. The van der Waals surface area contributed by atoms with E-state index in [-0.39, 0.29) is 18.0 Å². The molecule has 134 valence electrons. The Morgan fingerprint density at radius 2 is 1.96 bits per heavy atom. The van der Waals surface area contributed by atoms with E-state index in [1.807, 2.05) is 27.7 Å². The fourth-order valence-corrected chi connectivity index (χ4v) is 3.69. The molecule has 1 N–H and O–H groups in total. The third-order valence-corrected chi connectivity index (χ3v) is 5.28. The van der Waals surface area contributed by atoms with Crippen molar-refractivity contribution >= 4 is 34.9 Å². The number of halogens is 1. The van der Waals surface area contributed by atoms with E-state index < -0.39 is 5.60 Å². The first-order chi connectivity index (χ1) is 11.2. The minimum atomic E-state index is -0.475. The van der Waals surface area contributed by atoms with Crippen LogP contribution in [0.5, 0.6) is 0 Å². The van der Waals surface area contributed by atoms with Gasteiger partial charge in [-0.15, -0.1) is 11.3 Å². The molecule has 2 rings (SSSR count). The molecular weight excluding hydrogens is 348 g/mol. The zero-order valence-corrected chi connectivity index (χ0v) is 16.2. The highest BCUT2D eigenvalue weighted by Gasteiger charge is 2.29. The zero-order chi connectivity index (χ0) is 17.9. The molecule has 1 saturated heterocycles. The lowest BCUT2D eigenvalue weighted by atomic mass is 9.90. The van der Waals surface area contributed by atoms with Gasteiger partial charge >= 0.3 is 6.09 Å². The number of likely N-dealkylation sites (tertiary alicyclic amines) is 1. The summed E-state index contributed by atoms with van der Waals surface area (Å²) in [6.45, 7) is 8.93. The van der Waals surface area contributed by atoms with Crippen LogP contribution in [0.25, 0.3) is 0 Å². The fraction of sp³-hybridized carbons (Fsp3) is 0.647. The van der Waals surface area contributed by atoms with Gasteiger partial charge in [-0.05, 0) is 58.6 Å². The Hall–Kier alpha value is -1.27. The molecule has 1 aromatic rings. The van der Waals surface area contributed by atoms with Crippen LogP contribution in [0, 0.1) is 5.92 Å². The van der Waals surface area contributed by atoms with Gasteiger partial charge in [0.25, 0.3) is 5.91 Å². The molecule has 1 fully saturated rings. The minimum Gasteiger partial charge on any atom is -0.444 e. The molecular formula is C17H25ClN2O3S. The van der Waals surface area contributed by atoms with Gasteiger partial charge in [-0.2, -0.15) is 0 Å². The maximum atomic E-state index is 12.2. The molecule has 0 saturated carbocycles. The van der Waals surface area contributed by atoms with Gasteiger partial charge in [0.05, 0.1) is 9.21 Å². The molecule has 0 bridgehead atoms. The van der Waals surface area contributed by atoms with Gasteiger partial charge in [-0.1, -0.05) is 11.6 Å². The summed E-state index contributed by atoms with van der Waals surface area (Å²) in [4.78, 5) is 26.6. The lowest BCUT2D eigenvalue weighted by Gasteiger charge is -2.35. The fourth-order valence-electron chi connectivity index (χ4n) is 2.74. The number of carbonyl (C=O) groups excluding carboxylic acids is 2. The second kappa shape index (κ2) is 7.74. The molecule has 0 aliphatic carbocycles. The number of carbonyl (C=O) groups is 2. The van der Waals surface area contributed by atoms with Crippen molar-refractivity contribution in [3.8, 4) is 0 Å². The monoisotopic (exact) mass is 372 g/mol. The van der Waals surface area contributed by atoms with Crippen molar-refractivity contribution in [1.82, 2.24) is 10.2 Å². The van der Waals surface area contributed by atoms with Crippen molar-refractivity contribution in [2.75, 3.05) is 13.1 Å². The second-order valence-electron chi connectivity index (χ2n) is 7.17. The van der Waals surface area contributed by atoms with Crippen LogP contribution in [0.15, 0.2) is 12.1 Å². The van der Waals surface area contributed by atoms with Crippen LogP contribution in [0.2, 0.25) is 4.34 Å². The standard InChI is InChI=1S/C17H25ClN2O3S/c1-11(19-15(21)13-5-6-14(18)24-13)12-7-9-20(10-8-12)16(22)23-17(2,3)4/h5-6,11-12H,7-10H2,1-4H3,(H,19,21)/t11-/m0/s1. The first kappa shape index (κ1) is 19.1. The number of ether oxygens (including phenoxy) is 1. The van der Waals surface area contributed by atoms with Crippen LogP contribution in [0.4, 0.5) is 4.79 Å². The number of piperidine rings is 1. The van der Waals surface area contributed by atoms with Gasteiger partial charge < -0.3 is 15.0 Å². The van der Waals surface area contributed by atoms with E-state index in [0.717, 1.165) is 12.8 Å². The van der Waals surface area contributed by atoms with Crippen LogP contribution < -0.4 is 5.32 Å². The van der Waals surface area contributed by atoms with E-state index in [1.54, 1.807) is 17.0 Å². The maximum absolute atomic E-state index is 12.2. The number of rotatable bonds is 3. The normalized spacial score (nSPS) is 17.5. The lowest BCUT2D eigenvalue weighted by Crippen LogP contribution is -2.46. The second-order valence-corrected chi connectivity index (χ2v) is 8.89. The Bertz CT molecular complexity index is 589. The Morgan fingerprint density at radius 1 is 1.33 bits per heavy atom. The Balaban J connectivity index is 1.81. The molecule has 5 nitrogen and oxygen atoms in total. The van der Waals surface area contributed by atoms with E-state index in [9.17, 15) is 9.59 Å². The van der Waals surface area contributed by atoms with Crippen molar-refractivity contribution in [3.05, 3.63) is 21.3 Å². The average molecular weight is 373 g/mol. The largest absolute Gasteiger partial charge is 0.444 e. The minimum absolute atomic E-state index is 0.0548. The predicted molar refractivity (Wildman–Crippen MR) is 96.8 cm³/mol. The Morgan fingerprint density at radius 3 is 2.46 bits per heavy atom. The molecule has 2 amide bonds. The van der Waals surface area contributed by atoms with Gasteiger partial charge in [-0.3, -0.25) is 4.79 Å². The Labute approximate surface area is 152 Å². The molecule has 1 aliphatic heterocycles. The molecule has 1 atom stereocenters. The topological polar surface area (TPSA) is 58.6 Å². The smallest absolute Gasteiger partial charge is 0.410 e. The number of nitrogens with one attached hydrogen (secondary N) is 1. The number of nitrogens with zero attached hydrogens (tertiary/aromatic N) is 1. The summed E-state index contributed by atoms with van der Waals surface area (Å²) in [6.07, 6.45) is 1.45. The van der Waals surface area contributed by atoms with Crippen molar-refractivity contribution in [1.29, 1.82) is 0 Å². The molecule has 0 unspecified atom stereocenters. The highest BCUT2D eigenvalue weighted by Crippen LogP contribution is 2.24. The van der Waals surface area contributed by atoms with E-state index in [4.69, 9.17) is 16.3 Å². The Kier molecular flexibility index (Phi) is 6.15. The molecule has 1 aromatic heterocycles. The quantitative estimate of drug-likeness (QED) is 0.866. The molecule has 24 heavy (non-hydrogen) atoms. The van der Waals surface area contributed by atoms with Gasteiger partial charge in [0.1, 0.15) is 5.60 Å². The molecule has 0 radical (unpaired) electrons. The molecule has 7 heteroatoms. The van der Waals surface area contributed by atoms with Gasteiger partial charge in [0.2, 0.25) is 0 Å². The number of hydrogen-bond acceptors (Lipinski definition) is 4. The van der Waals surface area contributed by atoms with Gasteiger partial charge in [0, 0.05) is 19.1 Å². The van der Waals surface area contributed by atoms with Crippen LogP contribution in [-0.4, -0.2) is 41.6 Å². The summed E-state index contributed by atoms with van der Waals surface area (Å²) in [6, 6.07) is 3.52. The van der Waals surface area contributed by atoms with Crippen molar-refractivity contribution in [2.45, 2.75) is 52.2 Å². The number of amides is 2. The third-order valence-electron chi connectivity index (χ3n) is 4.05. The summed E-state index contributed by atoms with van der Waals surface area (Å²) in [5.74, 6) is 0.261. The molecule has 0 spiro atoms. The first-order valence-corrected chi connectivity index (χ1v) is 9.39. The SMILES string of the molecule is C[C@H](NC(=O)c1ccc(Cl)s1)C1CCN(C(=O)OC(C)(C)C)CC1. The van der Waals surface area contributed by atoms with E-state index in [0.29, 0.717) is 28.2 Å². The summed E-state index contributed by atoms with van der Waals surface area (Å²) < 4.78 is 6.01. The van der Waals surface area contributed by atoms with Crippen LogP contribution in [0.1, 0.15) is 50.2 Å². The van der Waals surface area contributed by atoms with E-state index in [2.05, 4.69) is 5.32 Å². The number of hydrogen-bond donors (Lipinski definition) is 1. The average Bonchev–Trinajstić information content (AvgIpc) is 2.92. The maximum Gasteiger partial charge on any atom is 0.410 e. The lowest BCUT2D eigenvalue weighted by molar-refractivity contribution is 0.0170. The van der Waals surface area contributed by atoms with E-state index in [1.165, 1.54) is 11.3 Å². The van der Waals surface area contributed by atoms with Crippen molar-refractivity contribution < 1.29 is 14.3 Å². The van der Waals surface area contributed by atoms with Gasteiger partial charge in [-0.25, -0.2) is 4.79 Å². The highest BCUT2D eigenvalue weighted by atomic mass is 35.5. The molecule has 1 aliphatic rings. The van der Waals surface area contributed by atoms with Crippen molar-refractivity contribution in [2.24, 2.45) is 5.92 Å². The zero-order valence-electron chi connectivity index (χ0n) is 14.6.